The van der Waals surface area contributed by atoms with Crippen LogP contribution >= 0.6 is 0 Å². The van der Waals surface area contributed by atoms with Crippen molar-refractivity contribution in [3.05, 3.63) is 11.0 Å². The Morgan fingerprint density at radius 3 is 2.73 bits per heavy atom. The van der Waals surface area contributed by atoms with Crippen LogP contribution in [0.4, 0.5) is 0 Å². The largest absolute Gasteiger partial charge is 0.769 e. The molecular formula is C8H13O2S-. The molecule has 11 heavy (non-hydrogen) atoms. The number of hydrogen-bond donors (Lipinski definition) is 0. The molecule has 0 aromatic heterocycles. The predicted octanol–water partition coefficient (Wildman–Crippen LogP) is 2.10. The first-order chi connectivity index (χ1) is 5.30. The maximum atomic E-state index is 10.6. The predicted molar refractivity (Wildman–Crippen MR) is 44.7 cm³/mol. The van der Waals surface area contributed by atoms with Crippen molar-refractivity contribution < 1.29 is 8.76 Å². The molecule has 0 fully saturated rings. The molecule has 0 spiro atoms. The molecule has 0 aliphatic heterocycles. The maximum Gasteiger partial charge on any atom is -0.00159 e. The number of allylic oxidation sites excluding steroid dienone is 2. The lowest BCUT2D eigenvalue weighted by Gasteiger charge is -2.12. The van der Waals surface area contributed by atoms with E-state index in [0.717, 1.165) is 25.7 Å². The normalized spacial score (nSPS) is 23.2. The van der Waals surface area contributed by atoms with E-state index in [4.69, 9.17) is 0 Å². The van der Waals surface area contributed by atoms with Gasteiger partial charge in [0.2, 0.25) is 0 Å². The molecule has 64 valence electrons. The molecule has 0 saturated heterocycles. The van der Waals surface area contributed by atoms with Crippen LogP contribution in [0.2, 0.25) is 0 Å². The third-order valence-corrected chi connectivity index (χ3v) is 2.76. The molecule has 2 nitrogen and oxygen atoms in total. The van der Waals surface area contributed by atoms with Gasteiger partial charge in [0.15, 0.2) is 0 Å². The van der Waals surface area contributed by atoms with Gasteiger partial charge in [0.1, 0.15) is 0 Å². The molecule has 0 aromatic rings. The third-order valence-electron chi connectivity index (χ3n) is 1.96. The van der Waals surface area contributed by atoms with E-state index in [1.54, 1.807) is 0 Å². The van der Waals surface area contributed by atoms with Crippen LogP contribution in [0.5, 0.6) is 0 Å². The summed E-state index contributed by atoms with van der Waals surface area (Å²) in [5, 5.41) is 0. The van der Waals surface area contributed by atoms with E-state index in [2.05, 4.69) is 0 Å². The zero-order valence-electron chi connectivity index (χ0n) is 6.54. The lowest BCUT2D eigenvalue weighted by Crippen LogP contribution is -1.96. The number of rotatable bonds is 1. The molecule has 3 heteroatoms. The summed E-state index contributed by atoms with van der Waals surface area (Å²) >= 11 is -1.96. The van der Waals surface area contributed by atoms with Gasteiger partial charge in [-0.15, -0.1) is 0 Å². The van der Waals surface area contributed by atoms with Crippen molar-refractivity contribution >= 4 is 11.1 Å². The molecule has 1 aliphatic carbocycles. The molecule has 0 N–H and O–H groups in total. The summed E-state index contributed by atoms with van der Waals surface area (Å²) in [5.41, 5.74) is 0. The van der Waals surface area contributed by atoms with Crippen molar-refractivity contribution in [1.29, 1.82) is 0 Å². The van der Waals surface area contributed by atoms with E-state index in [-0.39, 0.29) is 0 Å². The molecular weight excluding hydrogens is 160 g/mol. The Labute approximate surface area is 70.0 Å². The molecule has 1 unspecified atom stereocenters. The van der Waals surface area contributed by atoms with Crippen LogP contribution in [-0.2, 0) is 11.1 Å². The highest BCUT2D eigenvalue weighted by Crippen LogP contribution is 2.18. The molecule has 0 heterocycles. The zero-order valence-corrected chi connectivity index (χ0v) is 7.36. The average molecular weight is 173 g/mol. The Morgan fingerprint density at radius 1 is 1.27 bits per heavy atom. The van der Waals surface area contributed by atoms with Gasteiger partial charge < -0.3 is 4.55 Å². The van der Waals surface area contributed by atoms with E-state index in [1.165, 1.54) is 12.8 Å². The summed E-state index contributed by atoms with van der Waals surface area (Å²) in [7, 11) is 0. The van der Waals surface area contributed by atoms with Crippen LogP contribution in [0.15, 0.2) is 11.0 Å². The van der Waals surface area contributed by atoms with Gasteiger partial charge in [-0.05, 0) is 41.7 Å². The molecule has 1 atom stereocenters. The molecule has 0 saturated carbocycles. The van der Waals surface area contributed by atoms with Gasteiger partial charge in [0, 0.05) is 0 Å². The van der Waals surface area contributed by atoms with Crippen molar-refractivity contribution in [2.24, 2.45) is 0 Å². The highest BCUT2D eigenvalue weighted by Gasteiger charge is 2.01. The fourth-order valence-corrected chi connectivity index (χ4v) is 1.88. The molecule has 0 aromatic carbocycles. The standard InChI is InChI=1S/C8H14O2S/c9-11(10)8-6-4-2-1-3-5-7-8/h6H,1-5,7H2,(H,9,10)/p-1. The second-order valence-electron chi connectivity index (χ2n) is 2.86. The Morgan fingerprint density at radius 2 is 2.00 bits per heavy atom. The lowest BCUT2D eigenvalue weighted by atomic mass is 10.1. The van der Waals surface area contributed by atoms with Gasteiger partial charge in [-0.25, -0.2) is 0 Å². The summed E-state index contributed by atoms with van der Waals surface area (Å²) in [6.45, 7) is 0. The van der Waals surface area contributed by atoms with Crippen LogP contribution in [0, 0.1) is 0 Å². The smallest absolute Gasteiger partial charge is 0.00159 e. The van der Waals surface area contributed by atoms with Gasteiger partial charge in [-0.1, -0.05) is 18.9 Å². The van der Waals surface area contributed by atoms with Gasteiger partial charge >= 0.3 is 0 Å². The first kappa shape index (κ1) is 8.94. The van der Waals surface area contributed by atoms with Crippen molar-refractivity contribution in [3.8, 4) is 0 Å². The maximum absolute atomic E-state index is 10.6. The molecule has 1 rings (SSSR count). The minimum Gasteiger partial charge on any atom is -0.769 e. The molecule has 0 bridgehead atoms. The number of hydrogen-bond acceptors (Lipinski definition) is 2. The van der Waals surface area contributed by atoms with Crippen LogP contribution in [0.1, 0.15) is 38.5 Å². The first-order valence-electron chi connectivity index (χ1n) is 4.09. The summed E-state index contributed by atoms with van der Waals surface area (Å²) in [6, 6.07) is 0. The van der Waals surface area contributed by atoms with Crippen LogP contribution in [-0.4, -0.2) is 8.76 Å². The van der Waals surface area contributed by atoms with E-state index in [0.29, 0.717) is 4.91 Å². The van der Waals surface area contributed by atoms with E-state index < -0.39 is 11.1 Å². The van der Waals surface area contributed by atoms with E-state index in [9.17, 15) is 8.76 Å². The van der Waals surface area contributed by atoms with Crippen LogP contribution in [0.3, 0.4) is 0 Å². The topological polar surface area (TPSA) is 40.1 Å². The minimum atomic E-state index is -1.96. The summed E-state index contributed by atoms with van der Waals surface area (Å²) in [5.74, 6) is 0. The average Bonchev–Trinajstić information content (AvgIpc) is 1.84. The fraction of sp³-hybridized carbons (Fsp3) is 0.750. The fourth-order valence-electron chi connectivity index (χ4n) is 1.31. The van der Waals surface area contributed by atoms with Crippen molar-refractivity contribution in [2.75, 3.05) is 0 Å². The monoisotopic (exact) mass is 173 g/mol. The highest BCUT2D eigenvalue weighted by atomic mass is 32.2. The van der Waals surface area contributed by atoms with Gasteiger partial charge in [-0.3, -0.25) is 4.21 Å². The van der Waals surface area contributed by atoms with Crippen LogP contribution < -0.4 is 0 Å². The van der Waals surface area contributed by atoms with Crippen molar-refractivity contribution in [3.63, 3.8) is 0 Å². The van der Waals surface area contributed by atoms with Gasteiger partial charge in [0.05, 0.1) is 0 Å². The van der Waals surface area contributed by atoms with E-state index >= 15 is 0 Å². The zero-order chi connectivity index (χ0) is 8.10. The van der Waals surface area contributed by atoms with Crippen molar-refractivity contribution in [2.45, 2.75) is 38.5 Å². The SMILES string of the molecule is O=S([O-])C1=CCCCCCC1. The second kappa shape index (κ2) is 4.67. The molecule has 0 amide bonds. The Kier molecular flexibility index (Phi) is 3.80. The Bertz CT molecular complexity index is 175. The van der Waals surface area contributed by atoms with Crippen LogP contribution in [0.25, 0.3) is 0 Å². The van der Waals surface area contributed by atoms with E-state index in [1.807, 2.05) is 6.08 Å². The summed E-state index contributed by atoms with van der Waals surface area (Å²) in [4.78, 5) is 0.615. The minimum absolute atomic E-state index is 0.615. The summed E-state index contributed by atoms with van der Waals surface area (Å²) < 4.78 is 21.1. The summed E-state index contributed by atoms with van der Waals surface area (Å²) in [6.07, 6.45) is 8.13. The quantitative estimate of drug-likeness (QED) is 0.570. The first-order valence-corrected chi connectivity index (χ1v) is 5.16. The van der Waals surface area contributed by atoms with Gasteiger partial charge in [0.25, 0.3) is 0 Å². The van der Waals surface area contributed by atoms with Gasteiger partial charge in [-0.2, -0.15) is 0 Å². The third kappa shape index (κ3) is 3.16. The molecule has 1 aliphatic rings. The molecule has 0 radical (unpaired) electrons. The highest BCUT2D eigenvalue weighted by molar-refractivity contribution is 7.83. The Hall–Kier alpha value is -0.150. The van der Waals surface area contributed by atoms with Crippen molar-refractivity contribution in [1.82, 2.24) is 0 Å². The Balaban J connectivity index is 2.52. The lowest BCUT2D eigenvalue weighted by molar-refractivity contribution is 0.537. The second-order valence-corrected chi connectivity index (χ2v) is 3.85.